The van der Waals surface area contributed by atoms with Crippen molar-refractivity contribution in [2.24, 2.45) is 11.8 Å². The van der Waals surface area contributed by atoms with Gasteiger partial charge in [-0.05, 0) is 25.3 Å². The van der Waals surface area contributed by atoms with Gasteiger partial charge in [0.1, 0.15) is 30.5 Å². The molecule has 166 valence electrons. The van der Waals surface area contributed by atoms with Crippen LogP contribution < -0.4 is 0 Å². The predicted molar refractivity (Wildman–Crippen MR) is 102 cm³/mol. The molecule has 0 aromatic rings. The molecule has 2 aliphatic carbocycles. The molecule has 0 aromatic carbocycles. The van der Waals surface area contributed by atoms with E-state index >= 15 is 0 Å². The summed E-state index contributed by atoms with van der Waals surface area (Å²) in [6.45, 7) is 5.24. The summed E-state index contributed by atoms with van der Waals surface area (Å²) in [6.07, 6.45) is -5.09. The monoisotopic (exact) mass is 424 g/mol. The van der Waals surface area contributed by atoms with Gasteiger partial charge in [0.2, 0.25) is 0 Å². The molecule has 0 spiro atoms. The van der Waals surface area contributed by atoms with Gasteiger partial charge in [-0.2, -0.15) is 0 Å². The third-order valence-electron chi connectivity index (χ3n) is 6.69. The maximum absolute atomic E-state index is 12.1. The molecular formula is C21H28O9. The van der Waals surface area contributed by atoms with E-state index in [4.69, 9.17) is 14.2 Å². The fourth-order valence-corrected chi connectivity index (χ4v) is 5.01. The molecule has 4 rings (SSSR count). The van der Waals surface area contributed by atoms with Gasteiger partial charge >= 0.3 is 5.97 Å². The number of carbonyl (C=O) groups excluding carboxylic acids is 1. The van der Waals surface area contributed by atoms with Gasteiger partial charge in [-0.3, -0.25) is 0 Å². The van der Waals surface area contributed by atoms with Crippen molar-refractivity contribution in [3.05, 3.63) is 34.9 Å². The highest BCUT2D eigenvalue weighted by molar-refractivity contribution is 5.91. The van der Waals surface area contributed by atoms with E-state index in [2.05, 4.69) is 6.58 Å². The molecule has 9 nitrogen and oxygen atoms in total. The summed E-state index contributed by atoms with van der Waals surface area (Å²) >= 11 is 0. The van der Waals surface area contributed by atoms with Crippen LogP contribution in [0.4, 0.5) is 0 Å². The van der Waals surface area contributed by atoms with Gasteiger partial charge in [0.25, 0.3) is 0 Å². The van der Waals surface area contributed by atoms with E-state index in [1.165, 1.54) is 0 Å². The molecule has 9 atom stereocenters. The normalized spacial score (nSPS) is 43.8. The number of hydrogen-bond donors (Lipinski definition) is 5. The molecule has 0 aromatic heterocycles. The zero-order valence-electron chi connectivity index (χ0n) is 16.7. The Morgan fingerprint density at radius 2 is 1.93 bits per heavy atom. The lowest BCUT2D eigenvalue weighted by Gasteiger charge is -2.39. The molecule has 0 radical (unpaired) electrons. The summed E-state index contributed by atoms with van der Waals surface area (Å²) in [7, 11) is 0. The Kier molecular flexibility index (Phi) is 5.88. The van der Waals surface area contributed by atoms with Crippen molar-refractivity contribution in [3.8, 4) is 0 Å². The van der Waals surface area contributed by atoms with E-state index in [1.807, 2.05) is 13.0 Å². The SMILES string of the molecule is C=C1C(=O)OC2C3C(COC4OC(CO)C(O)C(O)C4O)=CCC3=C(C)CC(O)C12. The first-order valence-electron chi connectivity index (χ1n) is 10.1. The van der Waals surface area contributed by atoms with Crippen LogP contribution in [-0.4, -0.2) is 87.6 Å². The van der Waals surface area contributed by atoms with Crippen LogP contribution in [0.2, 0.25) is 0 Å². The van der Waals surface area contributed by atoms with Crippen LogP contribution in [0.15, 0.2) is 34.9 Å². The fraction of sp³-hybridized carbons (Fsp3) is 0.667. The van der Waals surface area contributed by atoms with Crippen molar-refractivity contribution < 1.29 is 44.5 Å². The summed E-state index contributed by atoms with van der Waals surface area (Å²) in [6, 6.07) is 0. The third-order valence-corrected chi connectivity index (χ3v) is 6.69. The third kappa shape index (κ3) is 3.44. The summed E-state index contributed by atoms with van der Waals surface area (Å²) in [5, 5.41) is 50.0. The summed E-state index contributed by atoms with van der Waals surface area (Å²) in [5.41, 5.74) is 3.18. The molecule has 2 fully saturated rings. The van der Waals surface area contributed by atoms with Crippen molar-refractivity contribution in [2.45, 2.75) is 62.7 Å². The lowest BCUT2D eigenvalue weighted by molar-refractivity contribution is -0.299. The number of hydrogen-bond acceptors (Lipinski definition) is 9. The maximum atomic E-state index is 12.1. The van der Waals surface area contributed by atoms with E-state index in [0.717, 1.165) is 16.7 Å². The van der Waals surface area contributed by atoms with Crippen molar-refractivity contribution in [1.82, 2.24) is 0 Å². The number of allylic oxidation sites excluding steroid dienone is 1. The minimum atomic E-state index is -1.52. The lowest BCUT2D eigenvalue weighted by Crippen LogP contribution is -2.59. The maximum Gasteiger partial charge on any atom is 0.334 e. The van der Waals surface area contributed by atoms with Crippen LogP contribution >= 0.6 is 0 Å². The molecular weight excluding hydrogens is 396 g/mol. The highest BCUT2D eigenvalue weighted by Gasteiger charge is 2.52. The number of fused-ring (bicyclic) bond motifs is 3. The van der Waals surface area contributed by atoms with E-state index < -0.39 is 61.4 Å². The van der Waals surface area contributed by atoms with E-state index in [1.54, 1.807) is 0 Å². The molecule has 0 saturated carbocycles. The van der Waals surface area contributed by atoms with Crippen molar-refractivity contribution in [2.75, 3.05) is 13.2 Å². The highest BCUT2D eigenvalue weighted by Crippen LogP contribution is 2.48. The summed E-state index contributed by atoms with van der Waals surface area (Å²) in [4.78, 5) is 12.1. The van der Waals surface area contributed by atoms with Crippen molar-refractivity contribution >= 4 is 5.97 Å². The van der Waals surface area contributed by atoms with Crippen LogP contribution in [-0.2, 0) is 19.0 Å². The molecule has 2 heterocycles. The zero-order valence-corrected chi connectivity index (χ0v) is 16.7. The van der Waals surface area contributed by atoms with Gasteiger partial charge < -0.3 is 39.7 Å². The van der Waals surface area contributed by atoms with Crippen LogP contribution in [0.25, 0.3) is 0 Å². The summed E-state index contributed by atoms with van der Waals surface area (Å²) < 4.78 is 16.7. The molecule has 4 aliphatic rings. The molecule has 5 N–H and O–H groups in total. The Bertz CT molecular complexity index is 785. The van der Waals surface area contributed by atoms with Gasteiger partial charge in [0.05, 0.1) is 25.2 Å². The lowest BCUT2D eigenvalue weighted by atomic mass is 9.82. The number of aliphatic hydroxyl groups excluding tert-OH is 5. The Labute approximate surface area is 173 Å². The van der Waals surface area contributed by atoms with Crippen LogP contribution in [0.5, 0.6) is 0 Å². The molecule has 30 heavy (non-hydrogen) atoms. The number of carbonyl (C=O) groups is 1. The number of esters is 1. The largest absolute Gasteiger partial charge is 0.457 e. The van der Waals surface area contributed by atoms with Crippen LogP contribution in [0.3, 0.4) is 0 Å². The first-order chi connectivity index (χ1) is 14.2. The second-order valence-electron chi connectivity index (χ2n) is 8.47. The van der Waals surface area contributed by atoms with Gasteiger partial charge in [-0.15, -0.1) is 0 Å². The number of rotatable bonds is 4. The number of aliphatic hydroxyl groups is 5. The summed E-state index contributed by atoms with van der Waals surface area (Å²) in [5.74, 6) is -1.30. The first kappa shape index (κ1) is 21.6. The Hall–Kier alpha value is -1.59. The van der Waals surface area contributed by atoms with E-state index in [-0.39, 0.29) is 18.1 Å². The fourth-order valence-electron chi connectivity index (χ4n) is 5.01. The quantitative estimate of drug-likeness (QED) is 0.216. The Balaban J connectivity index is 1.52. The molecule has 9 unspecified atom stereocenters. The molecule has 2 saturated heterocycles. The smallest absolute Gasteiger partial charge is 0.334 e. The van der Waals surface area contributed by atoms with E-state index in [0.29, 0.717) is 12.8 Å². The highest BCUT2D eigenvalue weighted by atomic mass is 16.7. The Morgan fingerprint density at radius 3 is 2.63 bits per heavy atom. The minimum absolute atomic E-state index is 0.0213. The van der Waals surface area contributed by atoms with Crippen LogP contribution in [0, 0.1) is 11.8 Å². The number of ether oxygens (including phenoxy) is 3. The molecule has 0 amide bonds. The predicted octanol–water partition coefficient (Wildman–Crippen LogP) is -1.07. The zero-order chi connectivity index (χ0) is 21.7. The van der Waals surface area contributed by atoms with E-state index in [9.17, 15) is 30.3 Å². The van der Waals surface area contributed by atoms with Crippen LogP contribution in [0.1, 0.15) is 19.8 Å². The van der Waals surface area contributed by atoms with Gasteiger partial charge in [-0.25, -0.2) is 4.79 Å². The second-order valence-corrected chi connectivity index (χ2v) is 8.47. The average molecular weight is 424 g/mol. The second kappa shape index (κ2) is 8.16. The van der Waals surface area contributed by atoms with Gasteiger partial charge in [0, 0.05) is 11.5 Å². The molecule has 2 aliphatic heterocycles. The average Bonchev–Trinajstić information content (AvgIpc) is 3.23. The molecule has 9 heteroatoms. The van der Waals surface area contributed by atoms with Crippen molar-refractivity contribution in [1.29, 1.82) is 0 Å². The van der Waals surface area contributed by atoms with Crippen molar-refractivity contribution in [3.63, 3.8) is 0 Å². The standard InChI is InChI=1S/C21H28O9/c1-8-5-12(23)14-9(2)20(27)30-19(14)15-10(3-4-11(8)15)7-28-21-18(26)17(25)16(24)13(6-22)29-21/h3,12-19,21-26H,2,4-7H2,1H3. The first-order valence-corrected chi connectivity index (χ1v) is 10.1. The molecule has 0 bridgehead atoms. The topological polar surface area (TPSA) is 146 Å². The van der Waals surface area contributed by atoms with Gasteiger partial charge in [0.15, 0.2) is 6.29 Å². The minimum Gasteiger partial charge on any atom is -0.457 e. The Morgan fingerprint density at radius 1 is 1.20 bits per heavy atom. The van der Waals surface area contributed by atoms with Gasteiger partial charge in [-0.1, -0.05) is 23.8 Å².